The van der Waals surface area contributed by atoms with Crippen LogP contribution in [0.1, 0.15) is 64.8 Å². The maximum atomic E-state index is 13.6. The Balaban J connectivity index is 1.40. The molecule has 220 valence electrons. The van der Waals surface area contributed by atoms with Crippen molar-refractivity contribution in [3.8, 4) is 23.0 Å². The molecule has 0 saturated carbocycles. The summed E-state index contributed by atoms with van der Waals surface area (Å²) in [5, 5.41) is 0.866. The van der Waals surface area contributed by atoms with E-state index in [9.17, 15) is 9.59 Å². The van der Waals surface area contributed by atoms with Crippen LogP contribution in [0.2, 0.25) is 0 Å². The molecule has 0 fully saturated rings. The van der Waals surface area contributed by atoms with Gasteiger partial charge >= 0.3 is 12.2 Å². The van der Waals surface area contributed by atoms with E-state index in [-0.39, 0.29) is 13.6 Å². The number of aromatic nitrogens is 1. The average molecular weight is 575 g/mol. The van der Waals surface area contributed by atoms with Crippen molar-refractivity contribution in [1.29, 1.82) is 0 Å². The van der Waals surface area contributed by atoms with Gasteiger partial charge in [-0.15, -0.1) is 0 Å². The topological polar surface area (TPSA) is 97.7 Å². The van der Waals surface area contributed by atoms with Gasteiger partial charge in [-0.1, -0.05) is 6.58 Å². The first-order valence-corrected chi connectivity index (χ1v) is 14.1. The normalized spacial score (nSPS) is 20.2. The molecule has 1 spiro atoms. The third kappa shape index (κ3) is 3.91. The fourth-order valence-corrected chi connectivity index (χ4v) is 6.50. The number of carbonyl (C=O) groups is 2. The summed E-state index contributed by atoms with van der Waals surface area (Å²) in [5.41, 5.74) is 2.66. The summed E-state index contributed by atoms with van der Waals surface area (Å²) >= 11 is 0. The zero-order valence-corrected chi connectivity index (χ0v) is 24.7. The zero-order chi connectivity index (χ0) is 29.8. The highest BCUT2D eigenvalue weighted by Crippen LogP contribution is 2.58. The standard InChI is InChI=1S/C32H34N2O8/c1-17-32(20-11-25-27(40-16-38-25)13-23(20)33(17)28(35)41-30(2,3)4)9-8-21-19(14-32)18-10-24-26(39-15-37-24)12-22(18)34(21)29(36)42-31(5,6)7/h10-13H,1,8-9,14-16H2,2-7H3. The van der Waals surface area contributed by atoms with Gasteiger partial charge in [0.05, 0.1) is 11.2 Å². The summed E-state index contributed by atoms with van der Waals surface area (Å²) < 4.78 is 36.2. The van der Waals surface area contributed by atoms with E-state index in [2.05, 4.69) is 6.58 Å². The molecule has 1 aromatic heterocycles. The minimum atomic E-state index is -0.702. The number of nitrogens with zero attached hydrogens (tertiary/aromatic N) is 2. The number of fused-ring (bicyclic) bond motifs is 7. The van der Waals surface area contributed by atoms with Crippen LogP contribution in [0.4, 0.5) is 15.3 Å². The second kappa shape index (κ2) is 8.59. The van der Waals surface area contributed by atoms with E-state index in [1.165, 1.54) is 0 Å². The van der Waals surface area contributed by atoms with Crippen molar-refractivity contribution < 1.29 is 38.0 Å². The first-order chi connectivity index (χ1) is 19.8. The predicted octanol–water partition coefficient (Wildman–Crippen LogP) is 6.58. The van der Waals surface area contributed by atoms with E-state index in [4.69, 9.17) is 28.4 Å². The number of carbonyl (C=O) groups excluding carboxylic acids is 2. The second-order valence-corrected chi connectivity index (χ2v) is 13.2. The van der Waals surface area contributed by atoms with Crippen LogP contribution < -0.4 is 23.8 Å². The zero-order valence-electron chi connectivity index (χ0n) is 24.7. The summed E-state index contributed by atoms with van der Waals surface area (Å²) in [6.45, 7) is 15.8. The molecule has 4 heterocycles. The van der Waals surface area contributed by atoms with Gasteiger partial charge in [0.2, 0.25) is 13.6 Å². The highest BCUT2D eigenvalue weighted by Gasteiger charge is 2.53. The quantitative estimate of drug-likeness (QED) is 0.297. The third-order valence-electron chi connectivity index (χ3n) is 8.16. The molecule has 7 rings (SSSR count). The summed E-state index contributed by atoms with van der Waals surface area (Å²) in [4.78, 5) is 28.8. The van der Waals surface area contributed by atoms with E-state index in [1.807, 2.05) is 65.8 Å². The van der Waals surface area contributed by atoms with Crippen LogP contribution in [0.15, 0.2) is 36.5 Å². The van der Waals surface area contributed by atoms with Crippen LogP contribution in [0, 0.1) is 0 Å². The van der Waals surface area contributed by atoms with Crippen molar-refractivity contribution in [2.24, 2.45) is 0 Å². The Morgan fingerprint density at radius 3 is 2.05 bits per heavy atom. The maximum Gasteiger partial charge on any atom is 0.419 e. The van der Waals surface area contributed by atoms with Crippen molar-refractivity contribution in [2.45, 2.75) is 77.4 Å². The molecule has 0 N–H and O–H groups in total. The molecule has 1 unspecified atom stereocenters. The number of benzene rings is 2. The van der Waals surface area contributed by atoms with Gasteiger partial charge in [0.1, 0.15) is 11.2 Å². The molecule has 3 aliphatic heterocycles. The number of rotatable bonds is 0. The van der Waals surface area contributed by atoms with Gasteiger partial charge in [0.15, 0.2) is 23.0 Å². The van der Waals surface area contributed by atoms with E-state index in [1.54, 1.807) is 9.47 Å². The molecule has 2 aromatic carbocycles. The van der Waals surface area contributed by atoms with Crippen LogP contribution in [-0.4, -0.2) is 41.5 Å². The van der Waals surface area contributed by atoms with Crippen molar-refractivity contribution in [3.05, 3.63) is 53.4 Å². The molecule has 10 nitrogen and oxygen atoms in total. The summed E-state index contributed by atoms with van der Waals surface area (Å²) in [6, 6.07) is 7.56. The lowest BCUT2D eigenvalue weighted by atomic mass is 9.68. The Morgan fingerprint density at radius 2 is 1.40 bits per heavy atom. The fraction of sp³-hybridized carbons (Fsp3) is 0.438. The SMILES string of the molecule is C=C1N(C(=O)OC(C)(C)C)c2cc3c(cc2C12CCc1c(c4cc5c(cc4n1C(=O)OC(C)(C)C)OCO5)C2)OCO3. The second-order valence-electron chi connectivity index (χ2n) is 13.2. The van der Waals surface area contributed by atoms with E-state index >= 15 is 0 Å². The molecule has 10 heteroatoms. The van der Waals surface area contributed by atoms with Crippen LogP contribution >= 0.6 is 0 Å². The number of hydrogen-bond donors (Lipinski definition) is 0. The number of anilines is 1. The van der Waals surface area contributed by atoms with E-state index in [0.29, 0.717) is 59.2 Å². The van der Waals surface area contributed by atoms with Gasteiger partial charge in [-0.2, -0.15) is 0 Å². The average Bonchev–Trinajstić information content (AvgIpc) is 3.64. The van der Waals surface area contributed by atoms with Gasteiger partial charge in [0, 0.05) is 34.3 Å². The fourth-order valence-electron chi connectivity index (χ4n) is 6.50. The van der Waals surface area contributed by atoms with Crippen LogP contribution in [0.3, 0.4) is 0 Å². The molecule has 4 aliphatic rings. The Kier molecular flexibility index (Phi) is 5.43. The molecule has 1 amide bonds. The molecule has 0 saturated heterocycles. The molecule has 42 heavy (non-hydrogen) atoms. The largest absolute Gasteiger partial charge is 0.454 e. The molecule has 1 atom stereocenters. The van der Waals surface area contributed by atoms with Crippen molar-refractivity contribution >= 4 is 28.8 Å². The van der Waals surface area contributed by atoms with E-state index < -0.39 is 28.8 Å². The molecule has 0 bridgehead atoms. The Bertz CT molecular complexity index is 1710. The lowest BCUT2D eigenvalue weighted by Crippen LogP contribution is -2.40. The summed E-state index contributed by atoms with van der Waals surface area (Å²) in [5.74, 6) is 2.39. The Morgan fingerprint density at radius 1 is 0.833 bits per heavy atom. The molecule has 0 radical (unpaired) electrons. The summed E-state index contributed by atoms with van der Waals surface area (Å²) in [7, 11) is 0. The van der Waals surface area contributed by atoms with Gasteiger partial charge < -0.3 is 28.4 Å². The first kappa shape index (κ1) is 26.6. The van der Waals surface area contributed by atoms with Crippen LogP contribution in [0.25, 0.3) is 10.9 Å². The van der Waals surface area contributed by atoms with Gasteiger partial charge in [-0.25, -0.2) is 19.1 Å². The van der Waals surface area contributed by atoms with Crippen LogP contribution in [-0.2, 0) is 27.7 Å². The highest BCUT2D eigenvalue weighted by atomic mass is 16.7. The predicted molar refractivity (Wildman–Crippen MR) is 154 cm³/mol. The van der Waals surface area contributed by atoms with Crippen LogP contribution in [0.5, 0.6) is 23.0 Å². The monoisotopic (exact) mass is 574 g/mol. The first-order valence-electron chi connectivity index (χ1n) is 14.1. The van der Waals surface area contributed by atoms with Crippen molar-refractivity contribution in [2.75, 3.05) is 18.5 Å². The number of ether oxygens (including phenoxy) is 6. The molecule has 1 aliphatic carbocycles. The maximum absolute atomic E-state index is 13.6. The minimum absolute atomic E-state index is 0.110. The summed E-state index contributed by atoms with van der Waals surface area (Å²) in [6.07, 6.45) is 0.656. The molecular formula is C32H34N2O8. The van der Waals surface area contributed by atoms with Gasteiger partial charge in [-0.05, 0) is 84.1 Å². The third-order valence-corrected chi connectivity index (χ3v) is 8.16. The van der Waals surface area contributed by atoms with E-state index in [0.717, 1.165) is 22.2 Å². The highest BCUT2D eigenvalue weighted by molar-refractivity contribution is 5.99. The lowest BCUT2D eigenvalue weighted by Gasteiger charge is -2.36. The molecule has 3 aromatic rings. The van der Waals surface area contributed by atoms with Gasteiger partial charge in [0.25, 0.3) is 0 Å². The number of hydrogen-bond acceptors (Lipinski definition) is 8. The molecular weight excluding hydrogens is 540 g/mol. The minimum Gasteiger partial charge on any atom is -0.454 e. The lowest BCUT2D eigenvalue weighted by molar-refractivity contribution is 0.0537. The van der Waals surface area contributed by atoms with Crippen molar-refractivity contribution in [1.82, 2.24) is 4.57 Å². The Labute approximate surface area is 243 Å². The van der Waals surface area contributed by atoms with Gasteiger partial charge in [-0.3, -0.25) is 0 Å². The smallest absolute Gasteiger partial charge is 0.419 e. The number of amides is 1. The van der Waals surface area contributed by atoms with Crippen molar-refractivity contribution in [3.63, 3.8) is 0 Å². The number of allylic oxidation sites excluding steroid dienone is 1. The Hall–Kier alpha value is -4.34.